The Kier molecular flexibility index (Phi) is 3.70. The second-order valence-electron chi connectivity index (χ2n) is 7.62. The SMILES string of the molecule is CC(C)c1n[nH]c([C@H]2CN(C(=O)c3ccn(C)c3)C[C@@H]2C2CC2)n1. The third-order valence-electron chi connectivity index (χ3n) is 5.35. The molecule has 0 radical (unpaired) electrons. The fraction of sp³-hybridized carbons (Fsp3) is 0.611. The third kappa shape index (κ3) is 2.74. The first-order valence-corrected chi connectivity index (χ1v) is 8.86. The van der Waals surface area contributed by atoms with Crippen molar-refractivity contribution in [3.63, 3.8) is 0 Å². The number of nitrogens with zero attached hydrogens (tertiary/aromatic N) is 4. The maximum Gasteiger partial charge on any atom is 0.255 e. The fourth-order valence-corrected chi connectivity index (χ4v) is 3.81. The number of aryl methyl sites for hydroxylation is 1. The Labute approximate surface area is 142 Å². The van der Waals surface area contributed by atoms with Crippen LogP contribution in [0.4, 0.5) is 0 Å². The average molecular weight is 327 g/mol. The van der Waals surface area contributed by atoms with Gasteiger partial charge in [0.05, 0.1) is 5.56 Å². The summed E-state index contributed by atoms with van der Waals surface area (Å²) in [5, 5.41) is 7.50. The van der Waals surface area contributed by atoms with Gasteiger partial charge >= 0.3 is 0 Å². The summed E-state index contributed by atoms with van der Waals surface area (Å²) in [7, 11) is 1.94. The minimum atomic E-state index is 0.132. The third-order valence-corrected chi connectivity index (χ3v) is 5.35. The summed E-state index contributed by atoms with van der Waals surface area (Å²) in [4.78, 5) is 19.5. The molecule has 3 heterocycles. The molecule has 2 aliphatic rings. The minimum absolute atomic E-state index is 0.132. The lowest BCUT2D eigenvalue weighted by Crippen LogP contribution is -2.28. The zero-order valence-corrected chi connectivity index (χ0v) is 14.6. The van der Waals surface area contributed by atoms with E-state index in [0.717, 1.165) is 36.2 Å². The van der Waals surface area contributed by atoms with E-state index in [1.807, 2.05) is 35.0 Å². The van der Waals surface area contributed by atoms with Gasteiger partial charge in [-0.15, -0.1) is 0 Å². The summed E-state index contributed by atoms with van der Waals surface area (Å²) in [5.74, 6) is 3.79. The maximum atomic E-state index is 12.8. The summed E-state index contributed by atoms with van der Waals surface area (Å²) in [5.41, 5.74) is 0.771. The van der Waals surface area contributed by atoms with Crippen LogP contribution in [0.25, 0.3) is 0 Å². The van der Waals surface area contributed by atoms with E-state index in [9.17, 15) is 4.79 Å². The van der Waals surface area contributed by atoms with Gasteiger partial charge in [-0.05, 0) is 30.7 Å². The number of amides is 1. The first-order valence-electron chi connectivity index (χ1n) is 8.86. The van der Waals surface area contributed by atoms with Crippen molar-refractivity contribution in [3.8, 4) is 0 Å². The van der Waals surface area contributed by atoms with Gasteiger partial charge in [0, 0.05) is 44.4 Å². The van der Waals surface area contributed by atoms with Crippen molar-refractivity contribution in [2.45, 2.75) is 38.5 Å². The van der Waals surface area contributed by atoms with Crippen LogP contribution in [0.5, 0.6) is 0 Å². The van der Waals surface area contributed by atoms with E-state index in [-0.39, 0.29) is 11.8 Å². The van der Waals surface area contributed by atoms with E-state index in [0.29, 0.717) is 11.8 Å². The summed E-state index contributed by atoms with van der Waals surface area (Å²) in [6.45, 7) is 5.78. The number of aromatic nitrogens is 4. The molecule has 1 N–H and O–H groups in total. The van der Waals surface area contributed by atoms with Crippen LogP contribution in [-0.4, -0.2) is 43.6 Å². The van der Waals surface area contributed by atoms with Crippen molar-refractivity contribution in [2.75, 3.05) is 13.1 Å². The highest BCUT2D eigenvalue weighted by atomic mass is 16.2. The number of hydrogen-bond donors (Lipinski definition) is 1. The Hall–Kier alpha value is -2.11. The number of nitrogens with one attached hydrogen (secondary N) is 1. The van der Waals surface area contributed by atoms with Gasteiger partial charge in [-0.1, -0.05) is 13.8 Å². The van der Waals surface area contributed by atoms with Crippen LogP contribution in [0.2, 0.25) is 0 Å². The molecule has 2 aromatic heterocycles. The molecule has 2 atom stereocenters. The average Bonchev–Trinajstić information content (AvgIpc) is 2.99. The van der Waals surface area contributed by atoms with E-state index in [1.165, 1.54) is 12.8 Å². The lowest BCUT2D eigenvalue weighted by atomic mass is 9.91. The molecule has 4 rings (SSSR count). The highest BCUT2D eigenvalue weighted by Gasteiger charge is 2.45. The summed E-state index contributed by atoms with van der Waals surface area (Å²) < 4.78 is 1.92. The Morgan fingerprint density at radius 1 is 1.33 bits per heavy atom. The van der Waals surface area contributed by atoms with Gasteiger partial charge in [-0.3, -0.25) is 9.89 Å². The summed E-state index contributed by atoms with van der Waals surface area (Å²) >= 11 is 0. The van der Waals surface area contributed by atoms with Gasteiger partial charge in [0.15, 0.2) is 5.82 Å². The number of hydrogen-bond acceptors (Lipinski definition) is 3. The lowest BCUT2D eigenvalue weighted by molar-refractivity contribution is 0.0784. The monoisotopic (exact) mass is 327 g/mol. The lowest BCUT2D eigenvalue weighted by Gasteiger charge is -2.15. The zero-order valence-electron chi connectivity index (χ0n) is 14.6. The Morgan fingerprint density at radius 2 is 2.12 bits per heavy atom. The van der Waals surface area contributed by atoms with Gasteiger partial charge in [-0.2, -0.15) is 5.10 Å². The van der Waals surface area contributed by atoms with Gasteiger partial charge < -0.3 is 9.47 Å². The van der Waals surface area contributed by atoms with Crippen molar-refractivity contribution in [1.29, 1.82) is 0 Å². The van der Waals surface area contributed by atoms with E-state index < -0.39 is 0 Å². The number of carbonyl (C=O) groups excluding carboxylic acids is 1. The van der Waals surface area contributed by atoms with Gasteiger partial charge in [0.1, 0.15) is 5.82 Å². The molecule has 1 amide bonds. The number of carbonyl (C=O) groups is 1. The molecule has 6 heteroatoms. The van der Waals surface area contributed by atoms with Gasteiger partial charge in [-0.25, -0.2) is 4.98 Å². The molecular formula is C18H25N5O. The molecule has 1 saturated heterocycles. The molecule has 0 unspecified atom stereocenters. The molecule has 128 valence electrons. The van der Waals surface area contributed by atoms with Crippen molar-refractivity contribution in [3.05, 3.63) is 35.7 Å². The van der Waals surface area contributed by atoms with Crippen molar-refractivity contribution in [1.82, 2.24) is 24.6 Å². The molecule has 1 saturated carbocycles. The summed E-state index contributed by atoms with van der Waals surface area (Å²) in [6, 6.07) is 1.90. The van der Waals surface area contributed by atoms with Crippen LogP contribution in [0, 0.1) is 11.8 Å². The van der Waals surface area contributed by atoms with Crippen LogP contribution in [0.3, 0.4) is 0 Å². The van der Waals surface area contributed by atoms with E-state index in [4.69, 9.17) is 4.98 Å². The second-order valence-corrected chi connectivity index (χ2v) is 7.62. The zero-order chi connectivity index (χ0) is 16.8. The Morgan fingerprint density at radius 3 is 2.71 bits per heavy atom. The van der Waals surface area contributed by atoms with Crippen LogP contribution < -0.4 is 0 Å². The fourth-order valence-electron chi connectivity index (χ4n) is 3.81. The molecule has 6 nitrogen and oxygen atoms in total. The number of rotatable bonds is 4. The Balaban J connectivity index is 1.56. The molecule has 0 bridgehead atoms. The smallest absolute Gasteiger partial charge is 0.255 e. The van der Waals surface area contributed by atoms with Gasteiger partial charge in [0.2, 0.25) is 0 Å². The highest BCUT2D eigenvalue weighted by molar-refractivity contribution is 5.94. The van der Waals surface area contributed by atoms with Crippen LogP contribution in [0.15, 0.2) is 18.5 Å². The van der Waals surface area contributed by atoms with Crippen LogP contribution in [0.1, 0.15) is 60.5 Å². The molecule has 2 fully saturated rings. The summed E-state index contributed by atoms with van der Waals surface area (Å²) in [6.07, 6.45) is 6.37. The normalized spacial score (nSPS) is 24.1. The van der Waals surface area contributed by atoms with Crippen LogP contribution >= 0.6 is 0 Å². The Bertz CT molecular complexity index is 742. The standard InChI is InChI=1S/C18H25N5O/c1-11(2)16-19-17(21-20-16)15-10-23(9-14(15)12-4-5-12)18(24)13-6-7-22(3)8-13/h6-8,11-12,14-15H,4-5,9-10H2,1-3H3,(H,19,20,21)/t14-,15+/m1/s1. The molecule has 2 aromatic rings. The molecule has 1 aliphatic heterocycles. The topological polar surface area (TPSA) is 66.8 Å². The van der Waals surface area contributed by atoms with E-state index in [1.54, 1.807) is 0 Å². The first-order chi connectivity index (χ1) is 11.5. The number of aromatic amines is 1. The van der Waals surface area contributed by atoms with E-state index in [2.05, 4.69) is 24.0 Å². The van der Waals surface area contributed by atoms with Crippen molar-refractivity contribution >= 4 is 5.91 Å². The molecule has 0 spiro atoms. The number of H-pyrrole nitrogens is 1. The minimum Gasteiger partial charge on any atom is -0.356 e. The highest BCUT2D eigenvalue weighted by Crippen LogP contribution is 2.47. The van der Waals surface area contributed by atoms with Crippen molar-refractivity contribution in [2.24, 2.45) is 18.9 Å². The predicted octanol–water partition coefficient (Wildman–Crippen LogP) is 2.53. The van der Waals surface area contributed by atoms with Crippen molar-refractivity contribution < 1.29 is 4.79 Å². The molecular weight excluding hydrogens is 302 g/mol. The molecule has 1 aliphatic carbocycles. The quantitative estimate of drug-likeness (QED) is 0.938. The first kappa shape index (κ1) is 15.4. The van der Waals surface area contributed by atoms with Crippen LogP contribution in [-0.2, 0) is 7.05 Å². The second kappa shape index (κ2) is 5.76. The number of likely N-dealkylation sites (tertiary alicyclic amines) is 1. The largest absolute Gasteiger partial charge is 0.356 e. The van der Waals surface area contributed by atoms with E-state index >= 15 is 0 Å². The van der Waals surface area contributed by atoms with Gasteiger partial charge in [0.25, 0.3) is 5.91 Å². The molecule has 0 aromatic carbocycles. The molecule has 24 heavy (non-hydrogen) atoms. The maximum absolute atomic E-state index is 12.8. The predicted molar refractivity (Wildman–Crippen MR) is 90.7 cm³/mol.